The molecule has 0 radical (unpaired) electrons. The Morgan fingerprint density at radius 1 is 1.57 bits per heavy atom. The number of carboxylic acids is 1. The van der Waals surface area contributed by atoms with Crippen LogP contribution in [0.25, 0.3) is 0 Å². The van der Waals surface area contributed by atoms with Crippen molar-refractivity contribution in [3.05, 3.63) is 27.9 Å². The van der Waals surface area contributed by atoms with Crippen LogP contribution in [0.3, 0.4) is 0 Å². The minimum Gasteiger partial charge on any atom is -0.481 e. The van der Waals surface area contributed by atoms with Gasteiger partial charge in [-0.1, -0.05) is 0 Å². The number of carboxylic acid groups (broad SMARTS) is 1. The fourth-order valence-corrected chi connectivity index (χ4v) is 2.60. The fraction of sp³-hybridized carbons (Fsp3) is 0.500. The zero-order valence-corrected chi connectivity index (χ0v) is 12.6. The van der Waals surface area contributed by atoms with Gasteiger partial charge in [0.15, 0.2) is 0 Å². The number of pyridine rings is 1. The Hall–Kier alpha value is -2.71. The highest BCUT2D eigenvalue weighted by Gasteiger charge is 2.33. The summed E-state index contributed by atoms with van der Waals surface area (Å²) >= 11 is 0. The van der Waals surface area contributed by atoms with E-state index in [1.165, 1.54) is 12.3 Å². The number of hydrogen-bond donors (Lipinski definition) is 1. The normalized spacial score (nSPS) is 17.6. The summed E-state index contributed by atoms with van der Waals surface area (Å²) in [4.78, 5) is 39.4. The number of esters is 1. The van der Waals surface area contributed by atoms with Gasteiger partial charge in [-0.2, -0.15) is 0 Å². The zero-order chi connectivity index (χ0) is 17.0. The van der Waals surface area contributed by atoms with Crippen molar-refractivity contribution < 1.29 is 24.4 Å². The lowest BCUT2D eigenvalue weighted by molar-refractivity contribution is -0.384. The van der Waals surface area contributed by atoms with Crippen molar-refractivity contribution in [3.63, 3.8) is 0 Å². The fourth-order valence-electron chi connectivity index (χ4n) is 2.60. The van der Waals surface area contributed by atoms with Gasteiger partial charge in [0.25, 0.3) is 0 Å². The van der Waals surface area contributed by atoms with Crippen LogP contribution in [0.15, 0.2) is 12.3 Å². The predicted molar refractivity (Wildman–Crippen MR) is 79.4 cm³/mol. The molecule has 124 valence electrons. The number of carbonyl (C=O) groups excluding carboxylic acids is 1. The number of ether oxygens (including phenoxy) is 1. The number of aliphatic carboxylic acids is 1. The highest BCUT2D eigenvalue weighted by atomic mass is 16.6. The van der Waals surface area contributed by atoms with Gasteiger partial charge >= 0.3 is 17.6 Å². The van der Waals surface area contributed by atoms with Crippen molar-refractivity contribution in [2.45, 2.75) is 19.8 Å². The SMILES string of the molecule is CCOC(=O)c1ccnc(N2CCCC(C(=O)O)C2)c1[N+](=O)[O-]. The lowest BCUT2D eigenvalue weighted by Gasteiger charge is -2.31. The van der Waals surface area contributed by atoms with Crippen molar-refractivity contribution in [1.29, 1.82) is 0 Å². The van der Waals surface area contributed by atoms with Crippen LogP contribution in [0.1, 0.15) is 30.1 Å². The maximum Gasteiger partial charge on any atom is 0.345 e. The molecule has 9 heteroatoms. The van der Waals surface area contributed by atoms with E-state index in [-0.39, 0.29) is 24.5 Å². The van der Waals surface area contributed by atoms with Gasteiger partial charge in [-0.15, -0.1) is 0 Å². The largest absolute Gasteiger partial charge is 0.481 e. The number of nitrogens with zero attached hydrogens (tertiary/aromatic N) is 3. The van der Waals surface area contributed by atoms with E-state index in [2.05, 4.69) is 4.98 Å². The first-order valence-electron chi connectivity index (χ1n) is 7.24. The molecule has 1 atom stereocenters. The van der Waals surface area contributed by atoms with Gasteiger partial charge in [-0.05, 0) is 25.8 Å². The molecule has 1 aliphatic rings. The molecule has 1 aromatic rings. The monoisotopic (exact) mass is 323 g/mol. The molecule has 1 unspecified atom stereocenters. The first kappa shape index (κ1) is 16.7. The van der Waals surface area contributed by atoms with Crippen molar-refractivity contribution in [1.82, 2.24) is 4.98 Å². The average Bonchev–Trinajstić information content (AvgIpc) is 2.54. The quantitative estimate of drug-likeness (QED) is 0.491. The maximum atomic E-state index is 11.9. The second-order valence-electron chi connectivity index (χ2n) is 5.13. The van der Waals surface area contributed by atoms with Crippen LogP contribution in [-0.4, -0.2) is 46.6 Å². The molecule has 1 fully saturated rings. The molecule has 2 rings (SSSR count). The third-order valence-electron chi connectivity index (χ3n) is 3.65. The van der Waals surface area contributed by atoms with E-state index < -0.39 is 28.5 Å². The summed E-state index contributed by atoms with van der Waals surface area (Å²) in [6.45, 7) is 2.27. The van der Waals surface area contributed by atoms with E-state index in [1.807, 2.05) is 0 Å². The molecule has 1 aliphatic heterocycles. The number of hydrogen-bond acceptors (Lipinski definition) is 7. The Labute approximate surface area is 132 Å². The Kier molecular flexibility index (Phi) is 5.09. The molecule has 0 amide bonds. The standard InChI is InChI=1S/C14H17N3O6/c1-2-23-14(20)10-5-6-15-12(11(10)17(21)22)16-7-3-4-9(8-16)13(18)19/h5-6,9H,2-4,7-8H2,1H3,(H,18,19). The molecule has 0 spiro atoms. The van der Waals surface area contributed by atoms with Gasteiger partial charge in [0.05, 0.1) is 17.4 Å². The molecule has 1 N–H and O–H groups in total. The highest BCUT2D eigenvalue weighted by Crippen LogP contribution is 2.32. The van der Waals surface area contributed by atoms with Gasteiger partial charge in [0.2, 0.25) is 5.82 Å². The van der Waals surface area contributed by atoms with E-state index in [4.69, 9.17) is 9.84 Å². The van der Waals surface area contributed by atoms with Crippen LogP contribution >= 0.6 is 0 Å². The number of anilines is 1. The van der Waals surface area contributed by atoms with E-state index in [1.54, 1.807) is 11.8 Å². The Bertz CT molecular complexity index is 633. The molecule has 0 bridgehead atoms. The van der Waals surface area contributed by atoms with Crippen molar-refractivity contribution in [3.8, 4) is 0 Å². The first-order valence-corrected chi connectivity index (χ1v) is 7.24. The third-order valence-corrected chi connectivity index (χ3v) is 3.65. The first-order chi connectivity index (χ1) is 11.0. The Balaban J connectivity index is 2.41. The van der Waals surface area contributed by atoms with Crippen LogP contribution in [0.2, 0.25) is 0 Å². The number of nitro groups is 1. The van der Waals surface area contributed by atoms with Gasteiger partial charge < -0.3 is 14.7 Å². The molecular formula is C14H17N3O6. The summed E-state index contributed by atoms with van der Waals surface area (Å²) in [6.07, 6.45) is 2.38. The third kappa shape index (κ3) is 3.55. The van der Waals surface area contributed by atoms with Crippen molar-refractivity contribution >= 4 is 23.4 Å². The average molecular weight is 323 g/mol. The van der Waals surface area contributed by atoms with E-state index in [0.29, 0.717) is 19.4 Å². The molecule has 0 aromatic carbocycles. The summed E-state index contributed by atoms with van der Waals surface area (Å²) < 4.78 is 4.84. The minimum absolute atomic E-state index is 0.00602. The summed E-state index contributed by atoms with van der Waals surface area (Å²) in [5.41, 5.74) is -0.628. The highest BCUT2D eigenvalue weighted by molar-refractivity contribution is 5.96. The van der Waals surface area contributed by atoms with Crippen molar-refractivity contribution in [2.24, 2.45) is 5.92 Å². The Morgan fingerprint density at radius 3 is 2.91 bits per heavy atom. The lowest BCUT2D eigenvalue weighted by Crippen LogP contribution is -2.39. The number of piperidine rings is 1. The second-order valence-corrected chi connectivity index (χ2v) is 5.13. The molecule has 23 heavy (non-hydrogen) atoms. The number of rotatable bonds is 5. The van der Waals surface area contributed by atoms with Crippen LogP contribution in [-0.2, 0) is 9.53 Å². The Morgan fingerprint density at radius 2 is 2.30 bits per heavy atom. The van der Waals surface area contributed by atoms with E-state index >= 15 is 0 Å². The predicted octanol–water partition coefficient (Wildman–Crippen LogP) is 1.47. The van der Waals surface area contributed by atoms with Gasteiger partial charge in [0.1, 0.15) is 5.56 Å². The molecule has 2 heterocycles. The van der Waals surface area contributed by atoms with Gasteiger partial charge in [0, 0.05) is 19.3 Å². The van der Waals surface area contributed by atoms with Gasteiger partial charge in [-0.3, -0.25) is 14.9 Å². The van der Waals surface area contributed by atoms with Crippen LogP contribution in [0.4, 0.5) is 11.5 Å². The number of carbonyl (C=O) groups is 2. The van der Waals surface area contributed by atoms with E-state index in [0.717, 1.165) is 0 Å². The lowest BCUT2D eigenvalue weighted by atomic mass is 9.98. The summed E-state index contributed by atoms with van der Waals surface area (Å²) in [6, 6.07) is 1.23. The zero-order valence-electron chi connectivity index (χ0n) is 12.6. The molecular weight excluding hydrogens is 306 g/mol. The summed E-state index contributed by atoms with van der Waals surface area (Å²) in [7, 11) is 0. The number of aromatic nitrogens is 1. The molecule has 1 saturated heterocycles. The molecule has 1 aromatic heterocycles. The second kappa shape index (κ2) is 7.03. The summed E-state index contributed by atoms with van der Waals surface area (Å²) in [5.74, 6) is -2.35. The molecule has 9 nitrogen and oxygen atoms in total. The van der Waals surface area contributed by atoms with Crippen LogP contribution in [0, 0.1) is 16.0 Å². The minimum atomic E-state index is -0.945. The topological polar surface area (TPSA) is 123 Å². The maximum absolute atomic E-state index is 11.9. The van der Waals surface area contributed by atoms with Crippen molar-refractivity contribution in [2.75, 3.05) is 24.6 Å². The van der Waals surface area contributed by atoms with E-state index in [9.17, 15) is 19.7 Å². The van der Waals surface area contributed by atoms with Crippen LogP contribution in [0.5, 0.6) is 0 Å². The molecule has 0 aliphatic carbocycles. The van der Waals surface area contributed by atoms with Gasteiger partial charge in [-0.25, -0.2) is 9.78 Å². The summed E-state index contributed by atoms with van der Waals surface area (Å²) in [5, 5.41) is 20.6. The van der Waals surface area contributed by atoms with Crippen LogP contribution < -0.4 is 4.90 Å². The molecule has 0 saturated carbocycles. The smallest absolute Gasteiger partial charge is 0.345 e.